The Bertz CT molecular complexity index is 869. The van der Waals surface area contributed by atoms with Gasteiger partial charge < -0.3 is 15.1 Å². The van der Waals surface area contributed by atoms with Gasteiger partial charge in [-0.2, -0.15) is 0 Å². The number of piperidine rings is 1. The molecule has 2 aliphatic heterocycles. The minimum Gasteiger partial charge on any atom is -0.339 e. The van der Waals surface area contributed by atoms with E-state index in [-0.39, 0.29) is 23.8 Å². The van der Waals surface area contributed by atoms with E-state index in [1.165, 1.54) is 4.90 Å². The number of rotatable bonds is 8. The van der Waals surface area contributed by atoms with Crippen LogP contribution in [0.15, 0.2) is 18.2 Å². The van der Waals surface area contributed by atoms with Crippen LogP contribution in [0.3, 0.4) is 0 Å². The molecule has 3 rings (SSSR count). The molecular formula is C26H40N4O3. The third kappa shape index (κ3) is 5.57. The summed E-state index contributed by atoms with van der Waals surface area (Å²) in [5.74, 6) is 0.425. The minimum atomic E-state index is -0.858. The number of likely N-dealkylation sites (tertiary alicyclic amines) is 1. The van der Waals surface area contributed by atoms with Crippen molar-refractivity contribution in [3.63, 3.8) is 0 Å². The number of nitrogens with zero attached hydrogens (tertiary/aromatic N) is 3. The Morgan fingerprint density at radius 3 is 2.27 bits per heavy atom. The fraction of sp³-hybridized carbons (Fsp3) is 0.654. The molecule has 2 heterocycles. The monoisotopic (exact) mass is 456 g/mol. The summed E-state index contributed by atoms with van der Waals surface area (Å²) in [6.45, 7) is 10.5. The first-order valence-corrected chi connectivity index (χ1v) is 12.2. The minimum absolute atomic E-state index is 0.0281. The molecule has 0 unspecified atom stereocenters. The van der Waals surface area contributed by atoms with E-state index in [9.17, 15) is 14.4 Å². The molecule has 0 saturated carbocycles. The number of carbonyl (C=O) groups excluding carboxylic acids is 3. The first-order chi connectivity index (χ1) is 15.5. The highest BCUT2D eigenvalue weighted by Crippen LogP contribution is 2.38. The molecule has 1 aromatic rings. The SMILES string of the molecule is Cc1cc(C)cc(C(=O)N2CCC([C@]3(CCC(C)C)NC(=O)N(CCN(C)C)C3=O)CC2)c1. The van der Waals surface area contributed by atoms with Crippen LogP contribution in [0.25, 0.3) is 0 Å². The van der Waals surface area contributed by atoms with Gasteiger partial charge in [-0.05, 0) is 77.6 Å². The lowest BCUT2D eigenvalue weighted by Gasteiger charge is -2.41. The molecule has 0 aromatic heterocycles. The lowest BCUT2D eigenvalue weighted by molar-refractivity contribution is -0.134. The number of hydrogen-bond donors (Lipinski definition) is 1. The summed E-state index contributed by atoms with van der Waals surface area (Å²) < 4.78 is 0. The third-order valence-electron chi connectivity index (χ3n) is 7.04. The van der Waals surface area contributed by atoms with Crippen LogP contribution in [0.1, 0.15) is 61.0 Å². The molecule has 0 radical (unpaired) electrons. The van der Waals surface area contributed by atoms with Crippen molar-refractivity contribution in [1.29, 1.82) is 0 Å². The van der Waals surface area contributed by atoms with Crippen LogP contribution in [-0.4, -0.2) is 78.4 Å². The second-order valence-corrected chi connectivity index (χ2v) is 10.5. The van der Waals surface area contributed by atoms with E-state index in [4.69, 9.17) is 0 Å². The zero-order chi connectivity index (χ0) is 24.3. The second kappa shape index (κ2) is 10.2. The van der Waals surface area contributed by atoms with Gasteiger partial charge in [-0.25, -0.2) is 4.79 Å². The van der Waals surface area contributed by atoms with Crippen LogP contribution in [0.2, 0.25) is 0 Å². The van der Waals surface area contributed by atoms with Crippen LogP contribution in [-0.2, 0) is 4.79 Å². The number of aryl methyl sites for hydroxylation is 2. The topological polar surface area (TPSA) is 73.0 Å². The summed E-state index contributed by atoms with van der Waals surface area (Å²) >= 11 is 0. The fourth-order valence-corrected chi connectivity index (χ4v) is 5.17. The van der Waals surface area contributed by atoms with Gasteiger partial charge in [0.2, 0.25) is 0 Å². The maximum atomic E-state index is 13.6. The predicted octanol–water partition coefficient (Wildman–Crippen LogP) is 3.44. The van der Waals surface area contributed by atoms with Crippen LogP contribution >= 0.6 is 0 Å². The third-order valence-corrected chi connectivity index (χ3v) is 7.04. The number of imide groups is 1. The Morgan fingerprint density at radius 2 is 1.73 bits per heavy atom. The number of amides is 4. The molecule has 0 bridgehead atoms. The largest absolute Gasteiger partial charge is 0.339 e. The molecule has 33 heavy (non-hydrogen) atoms. The summed E-state index contributed by atoms with van der Waals surface area (Å²) in [7, 11) is 3.87. The molecular weight excluding hydrogens is 416 g/mol. The lowest BCUT2D eigenvalue weighted by atomic mass is 9.73. The van der Waals surface area contributed by atoms with Crippen molar-refractivity contribution in [2.75, 3.05) is 40.3 Å². The summed E-state index contributed by atoms with van der Waals surface area (Å²) in [6.07, 6.45) is 2.93. The van der Waals surface area contributed by atoms with Crippen molar-refractivity contribution in [1.82, 2.24) is 20.0 Å². The highest BCUT2D eigenvalue weighted by molar-refractivity contribution is 6.07. The van der Waals surface area contributed by atoms with Crippen molar-refractivity contribution in [3.05, 3.63) is 34.9 Å². The van der Waals surface area contributed by atoms with E-state index >= 15 is 0 Å². The zero-order valence-electron chi connectivity index (χ0n) is 21.1. The van der Waals surface area contributed by atoms with Crippen molar-refractivity contribution in [2.24, 2.45) is 11.8 Å². The van der Waals surface area contributed by atoms with Gasteiger partial charge in [0, 0.05) is 31.7 Å². The predicted molar refractivity (Wildman–Crippen MR) is 130 cm³/mol. The van der Waals surface area contributed by atoms with E-state index in [0.29, 0.717) is 51.4 Å². The average molecular weight is 457 g/mol. The van der Waals surface area contributed by atoms with Gasteiger partial charge in [0.25, 0.3) is 11.8 Å². The normalized spacial score (nSPS) is 21.9. The molecule has 1 N–H and O–H groups in total. The van der Waals surface area contributed by atoms with Gasteiger partial charge in [-0.15, -0.1) is 0 Å². The van der Waals surface area contributed by atoms with Crippen molar-refractivity contribution in [2.45, 2.75) is 58.9 Å². The average Bonchev–Trinajstić information content (AvgIpc) is 2.99. The first kappa shape index (κ1) is 25.2. The summed E-state index contributed by atoms with van der Waals surface area (Å²) in [6, 6.07) is 5.67. The highest BCUT2D eigenvalue weighted by Gasteiger charge is 2.55. The first-order valence-electron chi connectivity index (χ1n) is 12.2. The molecule has 1 atom stereocenters. The Hall–Kier alpha value is -2.41. The molecule has 1 aromatic carbocycles. The lowest BCUT2D eigenvalue weighted by Crippen LogP contribution is -2.56. The number of benzene rings is 1. The molecule has 0 aliphatic carbocycles. The number of likely N-dealkylation sites (N-methyl/N-ethyl adjacent to an activating group) is 1. The second-order valence-electron chi connectivity index (χ2n) is 10.5. The van der Waals surface area contributed by atoms with Crippen LogP contribution in [0.4, 0.5) is 4.79 Å². The van der Waals surface area contributed by atoms with Gasteiger partial charge in [-0.3, -0.25) is 14.5 Å². The number of hydrogen-bond acceptors (Lipinski definition) is 4. The molecule has 4 amide bonds. The van der Waals surface area contributed by atoms with Gasteiger partial charge in [0.15, 0.2) is 0 Å². The Balaban J connectivity index is 1.75. The van der Waals surface area contributed by atoms with E-state index < -0.39 is 5.54 Å². The zero-order valence-corrected chi connectivity index (χ0v) is 21.1. The summed E-state index contributed by atoms with van der Waals surface area (Å²) in [5.41, 5.74) is 2.03. The van der Waals surface area contributed by atoms with E-state index in [2.05, 4.69) is 25.2 Å². The van der Waals surface area contributed by atoms with Gasteiger partial charge in [-0.1, -0.05) is 31.0 Å². The maximum Gasteiger partial charge on any atom is 0.325 e. The van der Waals surface area contributed by atoms with E-state index in [0.717, 1.165) is 23.1 Å². The molecule has 2 aliphatic rings. The molecule has 0 spiro atoms. The molecule has 182 valence electrons. The van der Waals surface area contributed by atoms with Crippen LogP contribution < -0.4 is 5.32 Å². The standard InChI is InChI=1S/C26H40N4O3/c1-18(2)7-10-26(24(32)30(25(33)27-26)14-13-28(5)6)22-8-11-29(12-9-22)23(31)21-16-19(3)15-20(4)17-21/h15-18,22H,7-14H2,1-6H3,(H,27,33)/t26-/m0/s1. The Labute approximate surface area is 198 Å². The summed E-state index contributed by atoms with van der Waals surface area (Å²) in [5, 5.41) is 3.12. The maximum absolute atomic E-state index is 13.6. The molecule has 7 nitrogen and oxygen atoms in total. The van der Waals surface area contributed by atoms with Crippen molar-refractivity contribution in [3.8, 4) is 0 Å². The molecule has 2 fully saturated rings. The molecule has 2 saturated heterocycles. The summed E-state index contributed by atoms with van der Waals surface area (Å²) in [4.78, 5) is 44.8. The van der Waals surface area contributed by atoms with Gasteiger partial charge in [0.1, 0.15) is 5.54 Å². The van der Waals surface area contributed by atoms with E-state index in [1.54, 1.807) is 0 Å². The molecule has 7 heteroatoms. The number of carbonyl (C=O) groups is 3. The fourth-order valence-electron chi connectivity index (χ4n) is 5.17. The Morgan fingerprint density at radius 1 is 1.12 bits per heavy atom. The van der Waals surface area contributed by atoms with Crippen LogP contribution in [0.5, 0.6) is 0 Å². The van der Waals surface area contributed by atoms with Crippen molar-refractivity contribution >= 4 is 17.8 Å². The van der Waals surface area contributed by atoms with E-state index in [1.807, 2.05) is 49.9 Å². The highest BCUT2D eigenvalue weighted by atomic mass is 16.2. The van der Waals surface area contributed by atoms with Gasteiger partial charge in [0.05, 0.1) is 0 Å². The number of nitrogens with one attached hydrogen (secondary N) is 1. The quantitative estimate of drug-likeness (QED) is 0.608. The van der Waals surface area contributed by atoms with Crippen LogP contribution in [0, 0.1) is 25.7 Å². The van der Waals surface area contributed by atoms with Gasteiger partial charge >= 0.3 is 6.03 Å². The Kier molecular flexibility index (Phi) is 7.83. The van der Waals surface area contributed by atoms with Crippen molar-refractivity contribution < 1.29 is 14.4 Å². The number of urea groups is 1. The smallest absolute Gasteiger partial charge is 0.325 e.